The number of rotatable bonds is 26. The van der Waals surface area contributed by atoms with Gasteiger partial charge in [0.15, 0.2) is 0 Å². The monoisotopic (exact) mass is 1520 g/mol. The van der Waals surface area contributed by atoms with Gasteiger partial charge in [0.05, 0.1) is 97.0 Å². The Morgan fingerprint density at radius 2 is 0.673 bits per heavy atom. The molecule has 6 aromatic carbocycles. The van der Waals surface area contributed by atoms with E-state index in [0.29, 0.717) is 39.3 Å². The first-order valence-electron chi connectivity index (χ1n) is 34.9. The number of methoxy groups -OCH3 is 9. The highest BCUT2D eigenvalue weighted by atomic mass is 16.5. The minimum atomic E-state index is -0.908. The lowest BCUT2D eigenvalue weighted by Crippen LogP contribution is -2.42. The molecule has 3 aliphatic heterocycles. The largest absolute Gasteiger partial charge is 0.496 e. The zero-order chi connectivity index (χ0) is 80.6. The standard InChI is InChI=1S/2C27H32N2O8.C27H32N2O7/c1-16-9-17(5-7-23(16)35-2)6-8-25(32)28-20-12-22(27(34)37-4)29(13-20)26(33)18-10-19(14-30)21(15-31)24(11-18)36-3;1-16-5-6-17(9-23(16)35-2)7-8-25(32)28-20-12-22(27(34)37-4)29(13-20)26(33)18-10-19(14-30)21(15-31)24(11-18)36-3;1-16-10-18(6-8-23(16)34-3)7-9-25(31)28-21-13-22(27(33)36-5)29(14-21)26(32)19-11-20(15-30)17(2)24(12-19)35-4/h2*5-11,20,22,30-31H,12-15H2,1-4H3,(H,28,32);6-12,21-22,30H,13-15H2,1-5H3,(H,28,31)/b8-6+;8-7+;9-7+/t2*20-,22+;21-,22+/m111/s1. The fourth-order valence-corrected chi connectivity index (χ4v) is 13.2. The summed E-state index contributed by atoms with van der Waals surface area (Å²) in [6, 6.07) is 21.6. The van der Waals surface area contributed by atoms with E-state index in [9.17, 15) is 68.7 Å². The molecule has 0 radical (unpaired) electrons. The molecule has 588 valence electrons. The number of amides is 6. The first kappa shape index (κ1) is 85.6. The van der Waals surface area contributed by atoms with E-state index in [-0.39, 0.29) is 105 Å². The number of carbonyl (C=O) groups excluding carboxylic acids is 9. The third-order valence-corrected chi connectivity index (χ3v) is 19.0. The number of aryl methyl sites for hydroxylation is 3. The second-order valence-corrected chi connectivity index (χ2v) is 25.9. The molecule has 29 heteroatoms. The van der Waals surface area contributed by atoms with Crippen LogP contribution in [0.4, 0.5) is 0 Å². The molecule has 8 N–H and O–H groups in total. The van der Waals surface area contributed by atoms with Gasteiger partial charge in [-0.25, -0.2) is 14.4 Å². The van der Waals surface area contributed by atoms with Gasteiger partial charge >= 0.3 is 17.9 Å². The summed E-state index contributed by atoms with van der Waals surface area (Å²) >= 11 is 0. The van der Waals surface area contributed by atoms with Crippen LogP contribution in [0.1, 0.15) is 117 Å². The maximum atomic E-state index is 13.4. The van der Waals surface area contributed by atoms with Crippen molar-refractivity contribution in [2.24, 2.45) is 0 Å². The second-order valence-electron chi connectivity index (χ2n) is 25.9. The van der Waals surface area contributed by atoms with Gasteiger partial charge in [-0.2, -0.15) is 0 Å². The van der Waals surface area contributed by atoms with E-state index in [0.717, 1.165) is 50.4 Å². The van der Waals surface area contributed by atoms with E-state index in [1.54, 1.807) is 58.6 Å². The van der Waals surface area contributed by atoms with Gasteiger partial charge in [0, 0.05) is 103 Å². The Kier molecular flexibility index (Phi) is 31.5. The van der Waals surface area contributed by atoms with Gasteiger partial charge in [0.25, 0.3) is 17.7 Å². The van der Waals surface area contributed by atoms with E-state index in [2.05, 4.69) is 16.0 Å². The van der Waals surface area contributed by atoms with Gasteiger partial charge in [-0.1, -0.05) is 24.3 Å². The molecule has 3 saturated heterocycles. The van der Waals surface area contributed by atoms with Crippen LogP contribution < -0.4 is 44.4 Å². The number of nitrogens with zero attached hydrogens (tertiary/aromatic N) is 3. The highest BCUT2D eigenvalue weighted by molar-refractivity contribution is 6.01. The number of carbonyl (C=O) groups is 9. The first-order valence-corrected chi connectivity index (χ1v) is 34.9. The van der Waals surface area contributed by atoms with E-state index < -0.39 is 85.1 Å². The van der Waals surface area contributed by atoms with Crippen LogP contribution in [0.5, 0.6) is 34.5 Å². The molecule has 0 spiro atoms. The topological polar surface area (TPSA) is 384 Å². The van der Waals surface area contributed by atoms with E-state index >= 15 is 0 Å². The Bertz CT molecular complexity index is 4360. The van der Waals surface area contributed by atoms with Gasteiger partial charge < -0.3 is 98.8 Å². The molecule has 6 atom stereocenters. The number of likely N-dealkylation sites (tertiary alicyclic amines) is 3. The van der Waals surface area contributed by atoms with Crippen LogP contribution >= 0.6 is 0 Å². The number of benzene rings is 6. The normalized spacial score (nSPS) is 17.1. The molecule has 3 aliphatic rings. The van der Waals surface area contributed by atoms with Crippen LogP contribution in [-0.4, -0.2) is 213 Å². The second kappa shape index (κ2) is 40.5. The average Bonchev–Trinajstić information content (AvgIpc) is 1.53. The van der Waals surface area contributed by atoms with Crippen LogP contribution in [0.25, 0.3) is 18.2 Å². The van der Waals surface area contributed by atoms with E-state index in [1.807, 2.05) is 75.4 Å². The molecule has 6 aromatic rings. The summed E-state index contributed by atoms with van der Waals surface area (Å²) < 4.78 is 46.4. The number of hydrogen-bond acceptors (Lipinski definition) is 23. The maximum absolute atomic E-state index is 13.4. The minimum absolute atomic E-state index is 0.0784. The van der Waals surface area contributed by atoms with Crippen molar-refractivity contribution < 1.29 is 111 Å². The molecule has 0 unspecified atom stereocenters. The summed E-state index contributed by atoms with van der Waals surface area (Å²) in [6.45, 7) is 5.99. The molecule has 29 nitrogen and oxygen atoms in total. The molecule has 0 aromatic heterocycles. The Labute approximate surface area is 637 Å². The average molecular weight is 1520 g/mol. The lowest BCUT2D eigenvalue weighted by atomic mass is 10.0. The summed E-state index contributed by atoms with van der Waals surface area (Å²) in [5.74, 6) is -1.08. The van der Waals surface area contributed by atoms with E-state index in [1.165, 1.54) is 99.9 Å². The lowest BCUT2D eigenvalue weighted by molar-refractivity contribution is -0.145. The van der Waals surface area contributed by atoms with Crippen LogP contribution in [0.3, 0.4) is 0 Å². The summed E-state index contributed by atoms with van der Waals surface area (Å²) in [5, 5.41) is 56.9. The summed E-state index contributed by atoms with van der Waals surface area (Å²) in [6.07, 6.45) is 9.77. The molecule has 3 heterocycles. The third kappa shape index (κ3) is 21.4. The van der Waals surface area contributed by atoms with Crippen molar-refractivity contribution in [3.8, 4) is 34.5 Å². The molecular formula is C81H96N6O23. The van der Waals surface area contributed by atoms with Gasteiger partial charge in [-0.3, -0.25) is 28.8 Å². The molecular weight excluding hydrogens is 1420 g/mol. The molecule has 6 amide bonds. The smallest absolute Gasteiger partial charge is 0.328 e. The zero-order valence-corrected chi connectivity index (χ0v) is 63.8. The summed E-state index contributed by atoms with van der Waals surface area (Å²) in [7, 11) is 12.8. The predicted octanol–water partition coefficient (Wildman–Crippen LogP) is 5.56. The number of aliphatic hydroxyl groups excluding tert-OH is 5. The zero-order valence-electron chi connectivity index (χ0n) is 63.8. The molecule has 9 rings (SSSR count). The quantitative estimate of drug-likeness (QED) is 0.0187. The third-order valence-electron chi connectivity index (χ3n) is 19.0. The van der Waals surface area contributed by atoms with Crippen molar-refractivity contribution >= 4 is 71.6 Å². The van der Waals surface area contributed by atoms with Crippen molar-refractivity contribution in [3.05, 3.63) is 193 Å². The van der Waals surface area contributed by atoms with Crippen molar-refractivity contribution in [2.45, 2.75) is 116 Å². The Morgan fingerprint density at radius 3 is 0.973 bits per heavy atom. The number of nitrogens with one attached hydrogen (secondary N) is 3. The fraction of sp³-hybridized carbons (Fsp3) is 0.370. The number of aliphatic hydroxyl groups is 5. The summed E-state index contributed by atoms with van der Waals surface area (Å²) in [4.78, 5) is 120. The van der Waals surface area contributed by atoms with Crippen molar-refractivity contribution in [3.63, 3.8) is 0 Å². The molecule has 0 saturated carbocycles. The van der Waals surface area contributed by atoms with Crippen molar-refractivity contribution in [2.75, 3.05) is 83.6 Å². The maximum Gasteiger partial charge on any atom is 0.328 e. The van der Waals surface area contributed by atoms with Crippen molar-refractivity contribution in [1.82, 2.24) is 30.7 Å². The predicted molar refractivity (Wildman–Crippen MR) is 404 cm³/mol. The molecule has 3 fully saturated rings. The molecule has 0 bridgehead atoms. The SMILES string of the molecule is COC(=O)[C@@H]1C[C@@H](NC(=O)/C=C/c2ccc(C)c(OC)c2)CN1C(=O)c1cc(CO)c(CO)c(OC)c1.COC(=O)[C@@H]1C[C@@H](NC(=O)/C=C/c2ccc(OC)c(C)c2)CN1C(=O)c1cc(CO)c(C)c(OC)c1.COC(=O)[C@@H]1C[C@@H](NC(=O)/C=C/c2ccc(OC)c(C)c2)CN1C(=O)c1cc(CO)c(CO)c(OC)c1. The molecule has 0 aliphatic carbocycles. The van der Waals surface area contributed by atoms with E-state index in [4.69, 9.17) is 42.6 Å². The highest BCUT2D eigenvalue weighted by Gasteiger charge is 2.44. The Hall–Kier alpha value is -11.6. The van der Waals surface area contributed by atoms with Crippen LogP contribution in [0, 0.1) is 27.7 Å². The van der Waals surface area contributed by atoms with Gasteiger partial charge in [0.2, 0.25) is 17.7 Å². The van der Waals surface area contributed by atoms with Gasteiger partial charge in [0.1, 0.15) is 52.6 Å². The number of esters is 3. The van der Waals surface area contributed by atoms with Crippen LogP contribution in [0.15, 0.2) is 109 Å². The lowest BCUT2D eigenvalue weighted by Gasteiger charge is -2.23. The molecule has 110 heavy (non-hydrogen) atoms. The van der Waals surface area contributed by atoms with Crippen LogP contribution in [0.2, 0.25) is 0 Å². The fourth-order valence-electron chi connectivity index (χ4n) is 13.2. The summed E-state index contributed by atoms with van der Waals surface area (Å²) in [5.41, 5.74) is 8.62. The van der Waals surface area contributed by atoms with Gasteiger partial charge in [-0.05, 0) is 168 Å². The minimum Gasteiger partial charge on any atom is -0.496 e. The first-order chi connectivity index (χ1) is 52.7. The van der Waals surface area contributed by atoms with Crippen molar-refractivity contribution in [1.29, 1.82) is 0 Å². The Balaban J connectivity index is 0.000000229. The van der Waals surface area contributed by atoms with Gasteiger partial charge in [-0.15, -0.1) is 0 Å². The number of hydrogen-bond donors (Lipinski definition) is 8. The Morgan fingerprint density at radius 1 is 0.364 bits per heavy atom. The highest BCUT2D eigenvalue weighted by Crippen LogP contribution is 2.33. The number of ether oxygens (including phenoxy) is 9. The van der Waals surface area contributed by atoms with Crippen LogP contribution in [-0.2, 0) is 76.0 Å².